The van der Waals surface area contributed by atoms with Crippen LogP contribution >= 0.6 is 11.6 Å². The number of carbonyl (C=O) groups is 1. The number of carbonyl (C=O) groups excluding carboxylic acids is 1. The highest BCUT2D eigenvalue weighted by atomic mass is 35.5. The third-order valence-corrected chi connectivity index (χ3v) is 2.88. The molecule has 0 aliphatic heterocycles. The summed E-state index contributed by atoms with van der Waals surface area (Å²) in [5, 5.41) is 11.2. The molecule has 0 atom stereocenters. The first-order chi connectivity index (χ1) is 9.95. The number of halogens is 1. The molecule has 0 unspecified atom stereocenters. The van der Waals surface area contributed by atoms with Gasteiger partial charge < -0.3 is 10.5 Å². The minimum Gasteiger partial charge on any atom is -0.450 e. The Morgan fingerprint density at radius 3 is 2.48 bits per heavy atom. The minimum absolute atomic E-state index is 0.0899. The lowest BCUT2D eigenvalue weighted by molar-refractivity contribution is -0.385. The summed E-state index contributed by atoms with van der Waals surface area (Å²) in [7, 11) is 0. The Kier molecular flexibility index (Phi) is 4.39. The van der Waals surface area contributed by atoms with E-state index in [1.807, 2.05) is 0 Å². The second-order valence-corrected chi connectivity index (χ2v) is 4.69. The van der Waals surface area contributed by atoms with Crippen LogP contribution in [0.1, 0.15) is 5.56 Å². The fourth-order valence-electron chi connectivity index (χ4n) is 1.72. The molecule has 2 rings (SSSR count). The second-order valence-electron chi connectivity index (χ2n) is 4.26. The first-order valence-electron chi connectivity index (χ1n) is 5.95. The summed E-state index contributed by atoms with van der Waals surface area (Å²) in [4.78, 5) is 21.2. The zero-order valence-corrected chi connectivity index (χ0v) is 11.5. The average Bonchev–Trinajstić information content (AvgIpc) is 2.42. The van der Waals surface area contributed by atoms with E-state index in [-0.39, 0.29) is 22.9 Å². The van der Waals surface area contributed by atoms with Crippen LogP contribution in [0.15, 0.2) is 42.5 Å². The number of nitrogens with zero attached hydrogens (tertiary/aromatic N) is 1. The Balaban J connectivity index is 2.22. The van der Waals surface area contributed by atoms with Gasteiger partial charge in [-0.3, -0.25) is 14.9 Å². The van der Waals surface area contributed by atoms with Gasteiger partial charge in [0.05, 0.1) is 11.3 Å². The molecule has 6 nitrogen and oxygen atoms in total. The van der Waals surface area contributed by atoms with Crippen molar-refractivity contribution in [2.45, 2.75) is 6.42 Å². The van der Waals surface area contributed by atoms with Crippen LogP contribution in [0.5, 0.6) is 11.5 Å². The number of hydrogen-bond acceptors (Lipinski definition) is 4. The van der Waals surface area contributed by atoms with Gasteiger partial charge >= 0.3 is 5.69 Å². The predicted molar refractivity (Wildman–Crippen MR) is 77.5 cm³/mol. The van der Waals surface area contributed by atoms with Crippen LogP contribution < -0.4 is 10.5 Å². The molecular weight excluding hydrogens is 296 g/mol. The van der Waals surface area contributed by atoms with Gasteiger partial charge in [-0.1, -0.05) is 23.7 Å². The lowest BCUT2D eigenvalue weighted by atomic mass is 10.1. The molecule has 0 saturated heterocycles. The van der Waals surface area contributed by atoms with Crippen molar-refractivity contribution in [3.05, 3.63) is 63.2 Å². The van der Waals surface area contributed by atoms with E-state index in [9.17, 15) is 14.9 Å². The highest BCUT2D eigenvalue weighted by molar-refractivity contribution is 6.30. The zero-order valence-electron chi connectivity index (χ0n) is 10.8. The van der Waals surface area contributed by atoms with Crippen LogP contribution in [-0.2, 0) is 11.2 Å². The summed E-state index contributed by atoms with van der Waals surface area (Å²) in [6.45, 7) is 0. The largest absolute Gasteiger partial charge is 0.450 e. The average molecular weight is 307 g/mol. The molecule has 7 heteroatoms. The molecule has 1 amide bonds. The maximum absolute atomic E-state index is 11.0. The standard InChI is InChI=1S/C14H11ClN2O4/c15-10-3-6-13(12(8-10)17(19)20)21-11-4-1-9(2-5-11)7-14(16)18/h1-6,8H,7H2,(H2,16,18). The van der Waals surface area contributed by atoms with Gasteiger partial charge in [0.2, 0.25) is 11.7 Å². The Hall–Kier alpha value is -2.60. The predicted octanol–water partition coefficient (Wildman–Crippen LogP) is 3.07. The zero-order chi connectivity index (χ0) is 15.4. The summed E-state index contributed by atoms with van der Waals surface area (Å²) in [6.07, 6.45) is 0.126. The van der Waals surface area contributed by atoms with Crippen LogP contribution in [0, 0.1) is 10.1 Å². The number of ether oxygens (including phenoxy) is 1. The molecule has 0 aliphatic rings. The first-order valence-corrected chi connectivity index (χ1v) is 6.32. The van der Waals surface area contributed by atoms with Crippen molar-refractivity contribution in [3.63, 3.8) is 0 Å². The van der Waals surface area contributed by atoms with Gasteiger partial charge in [0, 0.05) is 11.1 Å². The van der Waals surface area contributed by atoms with E-state index in [4.69, 9.17) is 22.1 Å². The molecule has 0 aliphatic carbocycles. The van der Waals surface area contributed by atoms with Crippen molar-refractivity contribution in [2.75, 3.05) is 0 Å². The van der Waals surface area contributed by atoms with Gasteiger partial charge in [-0.05, 0) is 29.8 Å². The van der Waals surface area contributed by atoms with E-state index in [1.165, 1.54) is 18.2 Å². The molecule has 0 aromatic heterocycles. The Bertz CT molecular complexity index is 686. The smallest absolute Gasteiger partial charge is 0.313 e. The van der Waals surface area contributed by atoms with Crippen molar-refractivity contribution in [1.82, 2.24) is 0 Å². The third kappa shape index (κ3) is 3.93. The van der Waals surface area contributed by atoms with E-state index in [2.05, 4.69) is 0 Å². The highest BCUT2D eigenvalue weighted by Gasteiger charge is 2.16. The number of nitro groups is 1. The maximum atomic E-state index is 11.0. The fraction of sp³-hybridized carbons (Fsp3) is 0.0714. The van der Waals surface area contributed by atoms with E-state index in [0.29, 0.717) is 5.75 Å². The summed E-state index contributed by atoms with van der Waals surface area (Å²) < 4.78 is 5.47. The third-order valence-electron chi connectivity index (χ3n) is 2.65. The molecule has 2 aromatic rings. The highest BCUT2D eigenvalue weighted by Crippen LogP contribution is 2.33. The molecular formula is C14H11ClN2O4. The number of amides is 1. The molecule has 2 aromatic carbocycles. The van der Waals surface area contributed by atoms with E-state index >= 15 is 0 Å². The maximum Gasteiger partial charge on any atom is 0.313 e. The van der Waals surface area contributed by atoms with Gasteiger partial charge in [-0.2, -0.15) is 0 Å². The van der Waals surface area contributed by atoms with Crippen LogP contribution in [-0.4, -0.2) is 10.8 Å². The van der Waals surface area contributed by atoms with E-state index in [1.54, 1.807) is 24.3 Å². The molecule has 2 N–H and O–H groups in total. The second kappa shape index (κ2) is 6.23. The SMILES string of the molecule is NC(=O)Cc1ccc(Oc2ccc(Cl)cc2[N+](=O)[O-])cc1. The van der Waals surface area contributed by atoms with Crippen molar-refractivity contribution in [3.8, 4) is 11.5 Å². The Morgan fingerprint density at radius 2 is 1.90 bits per heavy atom. The lowest BCUT2D eigenvalue weighted by Crippen LogP contribution is -2.13. The van der Waals surface area contributed by atoms with Crippen LogP contribution in [0.4, 0.5) is 5.69 Å². The molecule has 0 fully saturated rings. The van der Waals surface area contributed by atoms with Crippen molar-refractivity contribution in [2.24, 2.45) is 5.73 Å². The van der Waals surface area contributed by atoms with E-state index in [0.717, 1.165) is 5.56 Å². The van der Waals surface area contributed by atoms with Crippen molar-refractivity contribution < 1.29 is 14.5 Å². The molecule has 0 bridgehead atoms. The summed E-state index contributed by atoms with van der Waals surface area (Å²) in [6, 6.07) is 10.7. The molecule has 108 valence electrons. The van der Waals surface area contributed by atoms with Crippen LogP contribution in [0.3, 0.4) is 0 Å². The molecule has 0 spiro atoms. The minimum atomic E-state index is -0.567. The molecule has 0 saturated carbocycles. The van der Waals surface area contributed by atoms with Crippen molar-refractivity contribution >= 4 is 23.2 Å². The van der Waals surface area contributed by atoms with Gasteiger partial charge in [-0.15, -0.1) is 0 Å². The summed E-state index contributed by atoms with van der Waals surface area (Å²) in [5.74, 6) is 0.0673. The number of rotatable bonds is 5. The number of primary amides is 1. The van der Waals surface area contributed by atoms with Gasteiger partial charge in [0.15, 0.2) is 0 Å². The van der Waals surface area contributed by atoms with Gasteiger partial charge in [0.1, 0.15) is 5.75 Å². The first kappa shape index (κ1) is 14.8. The normalized spacial score (nSPS) is 10.1. The molecule has 21 heavy (non-hydrogen) atoms. The quantitative estimate of drug-likeness (QED) is 0.678. The monoisotopic (exact) mass is 306 g/mol. The lowest BCUT2D eigenvalue weighted by Gasteiger charge is -2.07. The van der Waals surface area contributed by atoms with Gasteiger partial charge in [0.25, 0.3) is 0 Å². The van der Waals surface area contributed by atoms with Crippen molar-refractivity contribution in [1.29, 1.82) is 0 Å². The van der Waals surface area contributed by atoms with Crippen LogP contribution in [0.2, 0.25) is 5.02 Å². The Morgan fingerprint density at radius 1 is 1.24 bits per heavy atom. The number of nitro benzene ring substituents is 1. The van der Waals surface area contributed by atoms with Gasteiger partial charge in [-0.25, -0.2) is 0 Å². The number of benzene rings is 2. The number of hydrogen-bond donors (Lipinski definition) is 1. The summed E-state index contributed by atoms with van der Waals surface area (Å²) in [5.41, 5.74) is 5.61. The number of nitrogens with two attached hydrogens (primary N) is 1. The van der Waals surface area contributed by atoms with E-state index < -0.39 is 10.8 Å². The molecule has 0 radical (unpaired) electrons. The Labute approximate surface area is 125 Å². The topological polar surface area (TPSA) is 95.5 Å². The molecule has 0 heterocycles. The fourth-order valence-corrected chi connectivity index (χ4v) is 1.89. The van der Waals surface area contributed by atoms with Crippen LogP contribution in [0.25, 0.3) is 0 Å². The summed E-state index contributed by atoms with van der Waals surface area (Å²) >= 11 is 5.73.